The third-order valence-electron chi connectivity index (χ3n) is 4.69. The molecule has 3 N–H and O–H groups in total. The molecule has 2 aromatic rings. The Balaban J connectivity index is 1.83. The van der Waals surface area contributed by atoms with E-state index >= 15 is 0 Å². The molecule has 1 saturated carbocycles. The van der Waals surface area contributed by atoms with Gasteiger partial charge in [0.15, 0.2) is 0 Å². The van der Waals surface area contributed by atoms with Crippen molar-refractivity contribution in [2.45, 2.75) is 18.4 Å². The van der Waals surface area contributed by atoms with Crippen molar-refractivity contribution in [1.82, 2.24) is 15.5 Å². The van der Waals surface area contributed by atoms with Crippen LogP contribution in [0.2, 0.25) is 5.02 Å². The van der Waals surface area contributed by atoms with Crippen LogP contribution in [0.25, 0.3) is 10.9 Å². The van der Waals surface area contributed by atoms with Crippen LogP contribution in [-0.4, -0.2) is 28.4 Å². The van der Waals surface area contributed by atoms with Crippen molar-refractivity contribution in [3.63, 3.8) is 0 Å². The first-order valence-electron chi connectivity index (χ1n) is 6.72. The Kier molecular flexibility index (Phi) is 2.43. The number of aromatic amines is 1. The fourth-order valence-electron chi connectivity index (χ4n) is 3.82. The normalized spacial score (nSPS) is 34.0. The quantitative estimate of drug-likeness (QED) is 0.747. The lowest BCUT2D eigenvalue weighted by Crippen LogP contribution is -2.26. The first kappa shape index (κ1) is 11.7. The highest BCUT2D eigenvalue weighted by Gasteiger charge is 2.47. The van der Waals surface area contributed by atoms with Crippen molar-refractivity contribution in [1.29, 1.82) is 0 Å². The fourth-order valence-corrected chi connectivity index (χ4v) is 4.05. The zero-order valence-corrected chi connectivity index (χ0v) is 11.2. The van der Waals surface area contributed by atoms with E-state index < -0.39 is 5.60 Å². The van der Waals surface area contributed by atoms with Gasteiger partial charge in [0.2, 0.25) is 0 Å². The van der Waals surface area contributed by atoms with Gasteiger partial charge in [-0.25, -0.2) is 0 Å². The van der Waals surface area contributed by atoms with Gasteiger partial charge in [-0.3, -0.25) is 5.10 Å². The van der Waals surface area contributed by atoms with Gasteiger partial charge in [-0.05, 0) is 49.9 Å². The molecule has 1 aromatic carbocycles. The third-order valence-corrected chi connectivity index (χ3v) is 4.91. The molecule has 0 spiro atoms. The number of hydrogen-bond acceptors (Lipinski definition) is 3. The molecule has 0 amide bonds. The predicted molar refractivity (Wildman–Crippen MR) is 74.1 cm³/mol. The average Bonchev–Trinajstić information content (AvgIpc) is 3.01. The summed E-state index contributed by atoms with van der Waals surface area (Å²) < 4.78 is 0. The number of rotatable bonds is 1. The molecule has 100 valence electrons. The van der Waals surface area contributed by atoms with Crippen molar-refractivity contribution in [3.05, 3.63) is 28.9 Å². The molecular formula is C14H16ClN3O. The minimum atomic E-state index is -0.771. The van der Waals surface area contributed by atoms with Crippen LogP contribution in [-0.2, 0) is 5.60 Å². The van der Waals surface area contributed by atoms with E-state index in [4.69, 9.17) is 11.6 Å². The maximum absolute atomic E-state index is 11.1. The van der Waals surface area contributed by atoms with Crippen LogP contribution in [0, 0.1) is 11.8 Å². The largest absolute Gasteiger partial charge is 0.385 e. The number of H-pyrrole nitrogens is 1. The highest BCUT2D eigenvalue weighted by atomic mass is 35.5. The van der Waals surface area contributed by atoms with Gasteiger partial charge in [-0.15, -0.1) is 0 Å². The van der Waals surface area contributed by atoms with E-state index in [2.05, 4.69) is 15.5 Å². The van der Waals surface area contributed by atoms with Crippen molar-refractivity contribution in [3.8, 4) is 0 Å². The van der Waals surface area contributed by atoms with Gasteiger partial charge in [0.25, 0.3) is 0 Å². The smallest absolute Gasteiger partial charge is 0.0924 e. The number of benzene rings is 1. The Bertz CT molecular complexity index is 627. The molecular weight excluding hydrogens is 262 g/mol. The zero-order valence-electron chi connectivity index (χ0n) is 10.5. The van der Waals surface area contributed by atoms with Gasteiger partial charge in [-0.2, -0.15) is 5.10 Å². The summed E-state index contributed by atoms with van der Waals surface area (Å²) in [6, 6.07) is 3.77. The summed E-state index contributed by atoms with van der Waals surface area (Å²) in [5.74, 6) is 1.14. The van der Waals surface area contributed by atoms with E-state index in [1.54, 1.807) is 6.20 Å². The maximum atomic E-state index is 11.1. The van der Waals surface area contributed by atoms with E-state index in [1.165, 1.54) is 0 Å². The van der Waals surface area contributed by atoms with Crippen LogP contribution in [0.3, 0.4) is 0 Å². The molecule has 1 aliphatic carbocycles. The number of nitrogens with one attached hydrogen (secondary N) is 2. The van der Waals surface area contributed by atoms with Crippen LogP contribution >= 0.6 is 11.6 Å². The Morgan fingerprint density at radius 1 is 1.26 bits per heavy atom. The molecule has 2 aliphatic rings. The lowest BCUT2D eigenvalue weighted by molar-refractivity contribution is 0.0372. The lowest BCUT2D eigenvalue weighted by atomic mass is 9.89. The van der Waals surface area contributed by atoms with E-state index in [-0.39, 0.29) is 0 Å². The van der Waals surface area contributed by atoms with Crippen molar-refractivity contribution in [2.75, 3.05) is 13.1 Å². The van der Waals surface area contributed by atoms with Gasteiger partial charge in [-0.1, -0.05) is 11.6 Å². The van der Waals surface area contributed by atoms with Gasteiger partial charge >= 0.3 is 0 Å². The van der Waals surface area contributed by atoms with Crippen molar-refractivity contribution >= 4 is 22.5 Å². The number of fused-ring (bicyclic) bond motifs is 2. The molecule has 0 unspecified atom stereocenters. The van der Waals surface area contributed by atoms with Gasteiger partial charge in [0.1, 0.15) is 0 Å². The second kappa shape index (κ2) is 3.95. The number of halogens is 1. The number of aromatic nitrogens is 2. The first-order valence-corrected chi connectivity index (χ1v) is 7.10. The summed E-state index contributed by atoms with van der Waals surface area (Å²) >= 11 is 6.18. The van der Waals surface area contributed by atoms with Crippen LogP contribution in [0.15, 0.2) is 18.3 Å². The molecule has 2 heterocycles. The second-order valence-corrected chi connectivity index (χ2v) is 6.34. The molecule has 1 saturated heterocycles. The molecule has 4 rings (SSSR count). The van der Waals surface area contributed by atoms with Crippen LogP contribution < -0.4 is 5.32 Å². The standard InChI is InChI=1S/C14H16ClN3O/c15-11-1-8-7-17-18-13(8)12(2-11)14(19)3-9-5-16-6-10(9)4-14/h1-2,7,9-10,16,19H,3-6H2,(H,17,18)/t9-,10+,14-. The van der Waals surface area contributed by atoms with Crippen LogP contribution in [0.4, 0.5) is 0 Å². The van der Waals surface area contributed by atoms with Crippen molar-refractivity contribution < 1.29 is 5.11 Å². The third kappa shape index (κ3) is 1.71. The number of hydrogen-bond donors (Lipinski definition) is 3. The summed E-state index contributed by atoms with van der Waals surface area (Å²) in [5.41, 5.74) is 1.05. The predicted octanol–water partition coefficient (Wildman–Crippen LogP) is 2.03. The minimum absolute atomic E-state index is 0.571. The molecule has 19 heavy (non-hydrogen) atoms. The van der Waals surface area contributed by atoms with E-state index in [9.17, 15) is 5.11 Å². The highest BCUT2D eigenvalue weighted by molar-refractivity contribution is 6.31. The molecule has 2 fully saturated rings. The Morgan fingerprint density at radius 3 is 2.74 bits per heavy atom. The molecule has 0 bridgehead atoms. The van der Waals surface area contributed by atoms with Crippen molar-refractivity contribution in [2.24, 2.45) is 11.8 Å². The minimum Gasteiger partial charge on any atom is -0.385 e. The average molecular weight is 278 g/mol. The molecule has 5 heteroatoms. The number of aliphatic hydroxyl groups is 1. The zero-order chi connectivity index (χ0) is 13.0. The Labute approximate surface area is 116 Å². The van der Waals surface area contributed by atoms with E-state index in [0.717, 1.165) is 42.4 Å². The fraction of sp³-hybridized carbons (Fsp3) is 0.500. The molecule has 4 nitrogen and oxygen atoms in total. The number of nitrogens with zero attached hydrogens (tertiary/aromatic N) is 1. The summed E-state index contributed by atoms with van der Waals surface area (Å²) in [5, 5.41) is 23.2. The van der Waals surface area contributed by atoms with Gasteiger partial charge < -0.3 is 10.4 Å². The SMILES string of the molecule is O[C@@]1(c2cc(Cl)cc3cn[nH]c23)C[C@H]2CNC[C@H]2C1. The lowest BCUT2D eigenvalue weighted by Gasteiger charge is -2.25. The Hall–Kier alpha value is -1.10. The van der Waals surface area contributed by atoms with Gasteiger partial charge in [0, 0.05) is 16.0 Å². The summed E-state index contributed by atoms with van der Waals surface area (Å²) in [4.78, 5) is 0. The highest BCUT2D eigenvalue weighted by Crippen LogP contribution is 2.48. The molecule has 0 radical (unpaired) electrons. The summed E-state index contributed by atoms with van der Waals surface area (Å²) in [6.45, 7) is 2.03. The molecule has 1 aromatic heterocycles. The van der Waals surface area contributed by atoms with Crippen LogP contribution in [0.1, 0.15) is 18.4 Å². The molecule has 3 atom stereocenters. The van der Waals surface area contributed by atoms with Crippen LogP contribution in [0.5, 0.6) is 0 Å². The second-order valence-electron chi connectivity index (χ2n) is 5.91. The topological polar surface area (TPSA) is 60.9 Å². The van der Waals surface area contributed by atoms with E-state index in [0.29, 0.717) is 16.9 Å². The summed E-state index contributed by atoms with van der Waals surface area (Å²) in [7, 11) is 0. The monoisotopic (exact) mass is 277 g/mol. The van der Waals surface area contributed by atoms with E-state index in [1.807, 2.05) is 12.1 Å². The maximum Gasteiger partial charge on any atom is 0.0924 e. The molecule has 1 aliphatic heterocycles. The Morgan fingerprint density at radius 2 is 2.00 bits per heavy atom. The first-order chi connectivity index (χ1) is 9.16. The van der Waals surface area contributed by atoms with Gasteiger partial charge in [0.05, 0.1) is 17.3 Å². The summed E-state index contributed by atoms with van der Waals surface area (Å²) in [6.07, 6.45) is 3.36.